The predicted molar refractivity (Wildman–Crippen MR) is 80.3 cm³/mol. The molecule has 0 aliphatic heterocycles. The highest BCUT2D eigenvalue weighted by Gasteiger charge is 2.13. The van der Waals surface area contributed by atoms with E-state index in [1.807, 2.05) is 12.3 Å². The molecule has 0 amide bonds. The van der Waals surface area contributed by atoms with Crippen molar-refractivity contribution < 1.29 is 0 Å². The lowest BCUT2D eigenvalue weighted by molar-refractivity contribution is 0.535. The van der Waals surface area contributed by atoms with E-state index in [9.17, 15) is 0 Å². The van der Waals surface area contributed by atoms with Gasteiger partial charge in [-0.25, -0.2) is 0 Å². The fraction of sp³-hybridized carbons (Fsp3) is 0.353. The molecule has 1 unspecified atom stereocenters. The van der Waals surface area contributed by atoms with Gasteiger partial charge >= 0.3 is 0 Å². The van der Waals surface area contributed by atoms with Crippen molar-refractivity contribution in [3.63, 3.8) is 0 Å². The molecule has 2 heteroatoms. The molecule has 0 aliphatic carbocycles. The van der Waals surface area contributed by atoms with Crippen LogP contribution in [0.15, 0.2) is 42.6 Å². The zero-order valence-corrected chi connectivity index (χ0v) is 12.0. The Morgan fingerprint density at radius 1 is 1.16 bits per heavy atom. The average molecular weight is 254 g/mol. The Balaban J connectivity index is 2.24. The van der Waals surface area contributed by atoms with Gasteiger partial charge in [0.05, 0.1) is 11.7 Å². The summed E-state index contributed by atoms with van der Waals surface area (Å²) in [5, 5.41) is 3.54. The molecule has 1 aromatic carbocycles. The van der Waals surface area contributed by atoms with Gasteiger partial charge in [-0.3, -0.25) is 4.98 Å². The molecule has 19 heavy (non-hydrogen) atoms. The maximum Gasteiger partial charge on any atom is 0.0579 e. The van der Waals surface area contributed by atoms with Gasteiger partial charge in [0.15, 0.2) is 0 Å². The average Bonchev–Trinajstić information content (AvgIpc) is 2.40. The smallest absolute Gasteiger partial charge is 0.0579 e. The third kappa shape index (κ3) is 3.65. The van der Waals surface area contributed by atoms with Crippen molar-refractivity contribution in [3.05, 3.63) is 65.0 Å². The molecule has 100 valence electrons. The lowest BCUT2D eigenvalue weighted by atomic mass is 9.98. The fourth-order valence-corrected chi connectivity index (χ4v) is 2.34. The van der Waals surface area contributed by atoms with Crippen LogP contribution < -0.4 is 5.32 Å². The molecule has 2 aromatic rings. The second kappa shape index (κ2) is 6.48. The van der Waals surface area contributed by atoms with Crippen molar-refractivity contribution in [2.45, 2.75) is 33.2 Å². The standard InChI is InChI=1S/C17H22N2/c1-4-18-17(16-11-13(2)9-10-19-16)12-15-8-6-5-7-14(15)3/h5-11,17-18H,4,12H2,1-3H3. The molecular weight excluding hydrogens is 232 g/mol. The summed E-state index contributed by atoms with van der Waals surface area (Å²) in [5.74, 6) is 0. The first kappa shape index (κ1) is 13.8. The number of hydrogen-bond acceptors (Lipinski definition) is 2. The Kier molecular flexibility index (Phi) is 4.69. The van der Waals surface area contributed by atoms with Crippen LogP contribution in [-0.4, -0.2) is 11.5 Å². The quantitative estimate of drug-likeness (QED) is 0.882. The lowest BCUT2D eigenvalue weighted by Gasteiger charge is -2.19. The van der Waals surface area contributed by atoms with E-state index in [4.69, 9.17) is 0 Å². The van der Waals surface area contributed by atoms with Crippen molar-refractivity contribution in [2.75, 3.05) is 6.54 Å². The molecule has 0 saturated carbocycles. The Labute approximate surface area is 115 Å². The Bertz CT molecular complexity index is 534. The molecule has 0 fully saturated rings. The Morgan fingerprint density at radius 3 is 2.63 bits per heavy atom. The largest absolute Gasteiger partial charge is 0.309 e. The van der Waals surface area contributed by atoms with Crippen LogP contribution in [0.25, 0.3) is 0 Å². The van der Waals surface area contributed by atoms with Gasteiger partial charge in [0.1, 0.15) is 0 Å². The minimum Gasteiger partial charge on any atom is -0.309 e. The first-order valence-corrected chi connectivity index (χ1v) is 6.91. The number of likely N-dealkylation sites (N-methyl/N-ethyl adjacent to an activating group) is 1. The summed E-state index contributed by atoms with van der Waals surface area (Å²) in [7, 11) is 0. The van der Waals surface area contributed by atoms with E-state index in [0.29, 0.717) is 0 Å². The number of aryl methyl sites for hydroxylation is 2. The van der Waals surface area contributed by atoms with Crippen molar-refractivity contribution in [1.82, 2.24) is 10.3 Å². The van der Waals surface area contributed by atoms with E-state index in [1.165, 1.54) is 16.7 Å². The van der Waals surface area contributed by atoms with Gasteiger partial charge in [-0.15, -0.1) is 0 Å². The molecule has 0 saturated heterocycles. The van der Waals surface area contributed by atoms with Crippen LogP contribution in [0.5, 0.6) is 0 Å². The number of rotatable bonds is 5. The van der Waals surface area contributed by atoms with E-state index in [0.717, 1.165) is 18.7 Å². The van der Waals surface area contributed by atoms with Crippen molar-refractivity contribution in [3.8, 4) is 0 Å². The van der Waals surface area contributed by atoms with Crippen molar-refractivity contribution >= 4 is 0 Å². The summed E-state index contributed by atoms with van der Waals surface area (Å²) in [6.45, 7) is 7.37. The maximum absolute atomic E-state index is 4.52. The first-order valence-electron chi connectivity index (χ1n) is 6.91. The number of nitrogens with zero attached hydrogens (tertiary/aromatic N) is 1. The third-order valence-electron chi connectivity index (χ3n) is 3.43. The zero-order chi connectivity index (χ0) is 13.7. The first-order chi connectivity index (χ1) is 9.20. The topological polar surface area (TPSA) is 24.9 Å². The van der Waals surface area contributed by atoms with E-state index in [-0.39, 0.29) is 6.04 Å². The lowest BCUT2D eigenvalue weighted by Crippen LogP contribution is -2.24. The fourth-order valence-electron chi connectivity index (χ4n) is 2.34. The molecule has 0 aliphatic rings. The predicted octanol–water partition coefficient (Wildman–Crippen LogP) is 3.59. The van der Waals surface area contributed by atoms with Crippen molar-refractivity contribution in [2.24, 2.45) is 0 Å². The Morgan fingerprint density at radius 2 is 1.95 bits per heavy atom. The van der Waals surface area contributed by atoms with Gasteiger partial charge in [-0.05, 0) is 55.6 Å². The van der Waals surface area contributed by atoms with Crippen LogP contribution in [0, 0.1) is 13.8 Å². The summed E-state index contributed by atoms with van der Waals surface area (Å²) in [6.07, 6.45) is 2.88. The van der Waals surface area contributed by atoms with E-state index >= 15 is 0 Å². The Hall–Kier alpha value is -1.67. The van der Waals surface area contributed by atoms with E-state index in [1.54, 1.807) is 0 Å². The van der Waals surface area contributed by atoms with Crippen LogP contribution in [0.2, 0.25) is 0 Å². The molecule has 2 rings (SSSR count). The highest BCUT2D eigenvalue weighted by Crippen LogP contribution is 2.19. The monoisotopic (exact) mass is 254 g/mol. The molecule has 1 aromatic heterocycles. The number of benzene rings is 1. The van der Waals surface area contributed by atoms with Crippen LogP contribution >= 0.6 is 0 Å². The second-order valence-corrected chi connectivity index (χ2v) is 5.00. The van der Waals surface area contributed by atoms with Gasteiger partial charge in [0, 0.05) is 6.20 Å². The van der Waals surface area contributed by atoms with Gasteiger partial charge < -0.3 is 5.32 Å². The second-order valence-electron chi connectivity index (χ2n) is 5.00. The van der Waals surface area contributed by atoms with Crippen LogP contribution in [0.4, 0.5) is 0 Å². The minimum atomic E-state index is 0.283. The highest BCUT2D eigenvalue weighted by molar-refractivity contribution is 5.28. The summed E-state index contributed by atoms with van der Waals surface area (Å²) in [5.41, 5.74) is 5.12. The van der Waals surface area contributed by atoms with Crippen LogP contribution in [0.1, 0.15) is 35.3 Å². The summed E-state index contributed by atoms with van der Waals surface area (Å²) in [6, 6.07) is 13.1. The van der Waals surface area contributed by atoms with Gasteiger partial charge in [-0.2, -0.15) is 0 Å². The van der Waals surface area contributed by atoms with Crippen LogP contribution in [-0.2, 0) is 6.42 Å². The molecule has 0 spiro atoms. The molecule has 0 radical (unpaired) electrons. The molecular formula is C17H22N2. The van der Waals surface area contributed by atoms with Gasteiger partial charge in [-0.1, -0.05) is 31.2 Å². The zero-order valence-electron chi connectivity index (χ0n) is 12.0. The SMILES string of the molecule is CCNC(Cc1ccccc1C)c1cc(C)ccn1. The normalized spacial score (nSPS) is 12.4. The number of pyridine rings is 1. The number of hydrogen-bond donors (Lipinski definition) is 1. The number of nitrogens with one attached hydrogen (secondary N) is 1. The van der Waals surface area contributed by atoms with Crippen molar-refractivity contribution in [1.29, 1.82) is 0 Å². The molecule has 1 atom stereocenters. The summed E-state index contributed by atoms with van der Waals surface area (Å²) in [4.78, 5) is 4.52. The van der Waals surface area contributed by atoms with E-state index < -0.39 is 0 Å². The third-order valence-corrected chi connectivity index (χ3v) is 3.43. The molecule has 0 bridgehead atoms. The van der Waals surface area contributed by atoms with Gasteiger partial charge in [0.2, 0.25) is 0 Å². The minimum absolute atomic E-state index is 0.283. The van der Waals surface area contributed by atoms with Gasteiger partial charge in [0.25, 0.3) is 0 Å². The molecule has 2 nitrogen and oxygen atoms in total. The van der Waals surface area contributed by atoms with Crippen LogP contribution in [0.3, 0.4) is 0 Å². The number of aromatic nitrogens is 1. The molecule has 1 N–H and O–H groups in total. The summed E-state index contributed by atoms with van der Waals surface area (Å²) < 4.78 is 0. The highest BCUT2D eigenvalue weighted by atomic mass is 14.9. The molecule has 1 heterocycles. The van der Waals surface area contributed by atoms with E-state index in [2.05, 4.69) is 61.4 Å². The summed E-state index contributed by atoms with van der Waals surface area (Å²) >= 11 is 0. The maximum atomic E-state index is 4.52.